The van der Waals surface area contributed by atoms with Crippen LogP contribution < -0.4 is 5.73 Å². The number of aryl methyl sites for hydroxylation is 1. The first-order chi connectivity index (χ1) is 8.06. The summed E-state index contributed by atoms with van der Waals surface area (Å²) in [7, 11) is 0. The van der Waals surface area contributed by atoms with Gasteiger partial charge in [-0.2, -0.15) is 4.37 Å². The molecule has 0 fully saturated rings. The van der Waals surface area contributed by atoms with Crippen LogP contribution in [0.15, 0.2) is 20.3 Å². The van der Waals surface area contributed by atoms with Gasteiger partial charge in [0.15, 0.2) is 4.34 Å². The van der Waals surface area contributed by atoms with Gasteiger partial charge in [-0.25, -0.2) is 4.98 Å². The first-order valence-electron chi connectivity index (χ1n) is 5.04. The fraction of sp³-hybridized carbons (Fsp3) is 0.400. The van der Waals surface area contributed by atoms with E-state index in [9.17, 15) is 0 Å². The largest absolute Gasteiger partial charge is 0.327 e. The lowest BCUT2D eigenvalue weighted by Gasteiger charge is -2.17. The highest BCUT2D eigenvalue weighted by Crippen LogP contribution is 2.41. The lowest BCUT2D eigenvalue weighted by Crippen LogP contribution is -2.21. The van der Waals surface area contributed by atoms with Crippen molar-refractivity contribution in [1.82, 2.24) is 9.36 Å². The molecule has 2 rings (SSSR count). The van der Waals surface area contributed by atoms with E-state index in [1.165, 1.54) is 16.4 Å². The normalized spacial score (nSPS) is 14.8. The highest BCUT2D eigenvalue weighted by atomic mass is 79.9. The molecular weight excluding hydrogens is 338 g/mol. The molecule has 17 heavy (non-hydrogen) atoms. The standard InChI is InChI=1S/C10H12BrN3S3/c1-5(12)9(7-3-4-8(11)15-7)16-10-13-6(2)14-17-10/h3-5,9H,12H2,1-2H3. The topological polar surface area (TPSA) is 51.8 Å². The Kier molecular flexibility index (Phi) is 4.59. The van der Waals surface area contributed by atoms with Crippen molar-refractivity contribution in [2.24, 2.45) is 5.73 Å². The van der Waals surface area contributed by atoms with Crippen LogP contribution in [-0.2, 0) is 0 Å². The molecule has 0 radical (unpaired) electrons. The van der Waals surface area contributed by atoms with Crippen LogP contribution in [0, 0.1) is 6.92 Å². The lowest BCUT2D eigenvalue weighted by molar-refractivity contribution is 0.729. The van der Waals surface area contributed by atoms with E-state index >= 15 is 0 Å². The quantitative estimate of drug-likeness (QED) is 0.851. The van der Waals surface area contributed by atoms with Crippen LogP contribution in [0.2, 0.25) is 0 Å². The van der Waals surface area contributed by atoms with E-state index in [1.54, 1.807) is 23.1 Å². The number of aromatic nitrogens is 2. The molecule has 0 bridgehead atoms. The Bertz CT molecular complexity index is 494. The van der Waals surface area contributed by atoms with Crippen LogP contribution in [0.1, 0.15) is 22.9 Å². The average molecular weight is 350 g/mol. The fourth-order valence-corrected chi connectivity index (χ4v) is 4.98. The molecule has 2 heterocycles. The molecule has 0 aliphatic rings. The smallest absolute Gasteiger partial charge is 0.170 e. The van der Waals surface area contributed by atoms with Crippen LogP contribution in [0.4, 0.5) is 0 Å². The fourth-order valence-electron chi connectivity index (χ4n) is 1.34. The van der Waals surface area contributed by atoms with Gasteiger partial charge in [-0.3, -0.25) is 0 Å². The van der Waals surface area contributed by atoms with Crippen molar-refractivity contribution in [3.8, 4) is 0 Å². The van der Waals surface area contributed by atoms with Crippen molar-refractivity contribution < 1.29 is 0 Å². The molecule has 2 aromatic rings. The summed E-state index contributed by atoms with van der Waals surface area (Å²) in [6, 6.07) is 4.25. The minimum absolute atomic E-state index is 0.0785. The zero-order valence-corrected chi connectivity index (χ0v) is 13.4. The molecule has 92 valence electrons. The summed E-state index contributed by atoms with van der Waals surface area (Å²) >= 11 is 8.33. The predicted octanol–water partition coefficient (Wildman–Crippen LogP) is 3.85. The number of hydrogen-bond donors (Lipinski definition) is 1. The van der Waals surface area contributed by atoms with Crippen molar-refractivity contribution in [2.75, 3.05) is 0 Å². The Labute approximate surface area is 121 Å². The van der Waals surface area contributed by atoms with Crippen molar-refractivity contribution in [3.63, 3.8) is 0 Å². The monoisotopic (exact) mass is 349 g/mol. The SMILES string of the molecule is Cc1nsc(SC(c2ccc(Br)s2)C(C)N)n1. The molecule has 0 aliphatic carbocycles. The number of nitrogens with two attached hydrogens (primary N) is 1. The van der Waals surface area contributed by atoms with Gasteiger partial charge >= 0.3 is 0 Å². The van der Waals surface area contributed by atoms with E-state index in [0.717, 1.165) is 14.0 Å². The summed E-state index contributed by atoms with van der Waals surface area (Å²) in [6.07, 6.45) is 0. The lowest BCUT2D eigenvalue weighted by atomic mass is 10.2. The second-order valence-electron chi connectivity index (χ2n) is 3.65. The highest BCUT2D eigenvalue weighted by Gasteiger charge is 2.21. The van der Waals surface area contributed by atoms with Crippen molar-refractivity contribution in [1.29, 1.82) is 0 Å². The average Bonchev–Trinajstić information content (AvgIpc) is 2.83. The maximum Gasteiger partial charge on any atom is 0.170 e. The number of thiophene rings is 1. The Balaban J connectivity index is 2.18. The van der Waals surface area contributed by atoms with E-state index in [1.807, 2.05) is 13.8 Å². The summed E-state index contributed by atoms with van der Waals surface area (Å²) in [5.41, 5.74) is 6.06. The number of halogens is 1. The predicted molar refractivity (Wildman–Crippen MR) is 78.9 cm³/mol. The molecule has 2 atom stereocenters. The minimum atomic E-state index is 0.0785. The molecule has 0 aromatic carbocycles. The third-order valence-electron chi connectivity index (χ3n) is 2.09. The Morgan fingerprint density at radius 1 is 1.47 bits per heavy atom. The van der Waals surface area contributed by atoms with Gasteiger partial charge < -0.3 is 5.73 Å². The van der Waals surface area contributed by atoms with Gasteiger partial charge in [-0.15, -0.1) is 11.3 Å². The Hall–Kier alpha value is 0.0500. The molecule has 0 amide bonds. The van der Waals surface area contributed by atoms with Gasteiger partial charge in [0, 0.05) is 10.9 Å². The second kappa shape index (κ2) is 5.79. The van der Waals surface area contributed by atoms with Crippen molar-refractivity contribution >= 4 is 50.6 Å². The Morgan fingerprint density at radius 3 is 2.71 bits per heavy atom. The molecule has 0 saturated heterocycles. The third-order valence-corrected chi connectivity index (χ3v) is 6.29. The zero-order chi connectivity index (χ0) is 12.4. The summed E-state index contributed by atoms with van der Waals surface area (Å²) in [4.78, 5) is 5.64. The molecule has 3 nitrogen and oxygen atoms in total. The Morgan fingerprint density at radius 2 is 2.24 bits per heavy atom. The minimum Gasteiger partial charge on any atom is -0.327 e. The van der Waals surface area contributed by atoms with Crippen molar-refractivity contribution in [3.05, 3.63) is 26.6 Å². The van der Waals surface area contributed by atoms with Gasteiger partial charge in [0.05, 0.1) is 9.04 Å². The van der Waals surface area contributed by atoms with E-state index in [0.29, 0.717) is 0 Å². The van der Waals surface area contributed by atoms with E-state index in [-0.39, 0.29) is 11.3 Å². The second-order valence-corrected chi connectivity index (χ2v) is 8.28. The maximum absolute atomic E-state index is 6.06. The third kappa shape index (κ3) is 3.51. The van der Waals surface area contributed by atoms with E-state index in [2.05, 4.69) is 37.4 Å². The highest BCUT2D eigenvalue weighted by molar-refractivity contribution is 9.11. The maximum atomic E-state index is 6.06. The molecule has 0 saturated carbocycles. The molecule has 2 N–H and O–H groups in total. The van der Waals surface area contributed by atoms with E-state index in [4.69, 9.17) is 5.73 Å². The van der Waals surface area contributed by atoms with Crippen LogP contribution in [-0.4, -0.2) is 15.4 Å². The van der Waals surface area contributed by atoms with Gasteiger partial charge in [0.1, 0.15) is 5.82 Å². The van der Waals surface area contributed by atoms with Gasteiger partial charge in [-0.1, -0.05) is 11.8 Å². The van der Waals surface area contributed by atoms with Gasteiger partial charge in [0.25, 0.3) is 0 Å². The molecule has 0 aliphatic heterocycles. The van der Waals surface area contributed by atoms with E-state index < -0.39 is 0 Å². The summed E-state index contributed by atoms with van der Waals surface area (Å²) in [5.74, 6) is 0.827. The first-order valence-corrected chi connectivity index (χ1v) is 8.30. The zero-order valence-electron chi connectivity index (χ0n) is 9.38. The van der Waals surface area contributed by atoms with Crippen LogP contribution >= 0.6 is 50.6 Å². The molecular formula is C10H12BrN3S3. The number of thioether (sulfide) groups is 1. The summed E-state index contributed by atoms with van der Waals surface area (Å²) < 4.78 is 6.30. The number of hydrogen-bond acceptors (Lipinski definition) is 6. The molecule has 7 heteroatoms. The van der Waals surface area contributed by atoms with Crippen LogP contribution in [0.5, 0.6) is 0 Å². The number of nitrogens with zero attached hydrogens (tertiary/aromatic N) is 2. The van der Waals surface area contributed by atoms with Gasteiger partial charge in [-0.05, 0) is 53.4 Å². The van der Waals surface area contributed by atoms with Gasteiger partial charge in [0.2, 0.25) is 0 Å². The summed E-state index contributed by atoms with van der Waals surface area (Å²) in [6.45, 7) is 3.93. The van der Waals surface area contributed by atoms with Crippen LogP contribution in [0.3, 0.4) is 0 Å². The molecule has 2 unspecified atom stereocenters. The first kappa shape index (κ1) is 13.5. The number of rotatable bonds is 4. The van der Waals surface area contributed by atoms with Crippen molar-refractivity contribution in [2.45, 2.75) is 29.5 Å². The summed E-state index contributed by atoms with van der Waals surface area (Å²) in [5, 5.41) is 0.235. The van der Waals surface area contributed by atoms with Crippen LogP contribution in [0.25, 0.3) is 0 Å². The molecule has 2 aromatic heterocycles. The molecule has 0 spiro atoms.